The summed E-state index contributed by atoms with van der Waals surface area (Å²) in [6.07, 6.45) is 11.6. The number of pyridine rings is 1. The second kappa shape index (κ2) is 9.17. The average Bonchev–Trinajstić information content (AvgIpc) is 2.70. The van der Waals surface area contributed by atoms with E-state index in [1.165, 1.54) is 24.0 Å². The Balaban J connectivity index is 1.40. The first-order valence-electron chi connectivity index (χ1n) is 9.05. The van der Waals surface area contributed by atoms with Crippen LogP contribution in [-0.2, 0) is 24.3 Å². The van der Waals surface area contributed by atoms with E-state index < -0.39 is 6.67 Å². The maximum absolute atomic E-state index is 12.3. The van der Waals surface area contributed by atoms with Crippen LogP contribution in [0.15, 0.2) is 30.6 Å². The molecule has 2 aromatic heterocycles. The highest BCUT2D eigenvalue weighted by Gasteiger charge is 2.10. The normalized spacial score (nSPS) is 13.4. The van der Waals surface area contributed by atoms with E-state index in [1.807, 2.05) is 0 Å². The second-order valence-corrected chi connectivity index (χ2v) is 6.41. The monoisotopic (exact) mass is 354 g/mol. The number of alkyl halides is 1. The van der Waals surface area contributed by atoms with Crippen molar-refractivity contribution in [3.8, 4) is 0 Å². The minimum Gasteiger partial charge on any atom is -0.370 e. The summed E-state index contributed by atoms with van der Waals surface area (Å²) in [6, 6.07) is 4.25. The highest BCUT2D eigenvalue weighted by Crippen LogP contribution is 2.20. The minimum atomic E-state index is -0.682. The van der Waals surface area contributed by atoms with Gasteiger partial charge in [0.15, 0.2) is 11.6 Å². The maximum Gasteiger partial charge on any atom is 0.159 e. The number of halogens is 1. The Bertz CT molecular complexity index is 774. The van der Waals surface area contributed by atoms with Crippen LogP contribution in [0.4, 0.5) is 10.2 Å². The number of unbranched alkanes of at least 4 members (excludes halogenated alkanes) is 1. The lowest BCUT2D eigenvalue weighted by atomic mass is 10.0. The summed E-state index contributed by atoms with van der Waals surface area (Å²) in [5, 5.41) is 3.35. The number of nitrogens with one attached hydrogen (secondary N) is 1. The van der Waals surface area contributed by atoms with E-state index in [4.69, 9.17) is 0 Å². The molecule has 0 fully saturated rings. The van der Waals surface area contributed by atoms with Gasteiger partial charge in [0.2, 0.25) is 0 Å². The molecule has 5 nitrogen and oxygen atoms in total. The molecule has 1 N–H and O–H groups in total. The van der Waals surface area contributed by atoms with Gasteiger partial charge >= 0.3 is 0 Å². The molecule has 0 bridgehead atoms. The number of ketones is 1. The summed E-state index contributed by atoms with van der Waals surface area (Å²) in [6.45, 7) is 0.309. The van der Waals surface area contributed by atoms with Gasteiger partial charge in [0.25, 0.3) is 0 Å². The average molecular weight is 354 g/mol. The highest BCUT2D eigenvalue weighted by atomic mass is 19.1. The van der Waals surface area contributed by atoms with Crippen LogP contribution in [-0.4, -0.2) is 27.3 Å². The molecule has 0 amide bonds. The molecular formula is C20H23FN4O. The number of rotatable bonds is 8. The van der Waals surface area contributed by atoms with Crippen molar-refractivity contribution in [1.29, 1.82) is 0 Å². The zero-order valence-electron chi connectivity index (χ0n) is 14.7. The summed E-state index contributed by atoms with van der Waals surface area (Å²) >= 11 is 0. The molecule has 0 saturated heterocycles. The number of allylic oxidation sites excluding steroid dienone is 1. The molecule has 0 unspecified atom stereocenters. The molecule has 0 saturated carbocycles. The Morgan fingerprint density at radius 3 is 2.88 bits per heavy atom. The van der Waals surface area contributed by atoms with Crippen LogP contribution < -0.4 is 5.32 Å². The van der Waals surface area contributed by atoms with E-state index in [2.05, 4.69) is 32.4 Å². The fourth-order valence-electron chi connectivity index (χ4n) is 2.91. The molecule has 1 aliphatic rings. The van der Waals surface area contributed by atoms with Gasteiger partial charge < -0.3 is 5.32 Å². The van der Waals surface area contributed by atoms with E-state index >= 15 is 0 Å². The summed E-state index contributed by atoms with van der Waals surface area (Å²) in [7, 11) is 0. The van der Waals surface area contributed by atoms with Gasteiger partial charge in [-0.05, 0) is 55.9 Å². The molecule has 0 aromatic carbocycles. The van der Waals surface area contributed by atoms with E-state index in [0.29, 0.717) is 12.0 Å². The van der Waals surface area contributed by atoms with Crippen LogP contribution in [0.5, 0.6) is 0 Å². The fourth-order valence-corrected chi connectivity index (χ4v) is 2.91. The van der Waals surface area contributed by atoms with Crippen molar-refractivity contribution in [2.45, 2.75) is 45.2 Å². The van der Waals surface area contributed by atoms with E-state index in [1.54, 1.807) is 6.08 Å². The number of hydrogen-bond donors (Lipinski definition) is 1. The number of aromatic nitrogens is 3. The summed E-state index contributed by atoms with van der Waals surface area (Å²) < 4.78 is 12.3. The van der Waals surface area contributed by atoms with Crippen LogP contribution in [0, 0.1) is 0 Å². The Hall–Kier alpha value is -2.63. The van der Waals surface area contributed by atoms with Crippen molar-refractivity contribution in [1.82, 2.24) is 15.0 Å². The third-order valence-electron chi connectivity index (χ3n) is 4.36. The van der Waals surface area contributed by atoms with Crippen LogP contribution in [0.2, 0.25) is 0 Å². The number of carbonyl (C=O) groups excluding carboxylic acids is 1. The van der Waals surface area contributed by atoms with Crippen molar-refractivity contribution in [2.75, 3.05) is 11.9 Å². The molecule has 2 aromatic rings. The quantitative estimate of drug-likeness (QED) is 0.578. The van der Waals surface area contributed by atoms with Crippen molar-refractivity contribution in [3.05, 3.63) is 53.2 Å². The molecule has 0 spiro atoms. The first kappa shape index (κ1) is 18.2. The molecule has 0 atom stereocenters. The predicted octanol–water partition coefficient (Wildman–Crippen LogP) is 3.69. The zero-order valence-corrected chi connectivity index (χ0v) is 14.7. The first-order valence-corrected chi connectivity index (χ1v) is 9.05. The minimum absolute atomic E-state index is 0.0691. The largest absolute Gasteiger partial charge is 0.370 e. The molecule has 1 aliphatic heterocycles. The standard InChI is InChI=1S/C20H23FN4O/c21-12-19-23-13-15(14-24-19)7-10-18(26)6-2-1-5-17-9-8-16-4-3-11-22-20(16)25-17/h7-10,13-14H,1-6,11-12H2,(H,22,25)/b10-7+. The molecule has 6 heteroatoms. The first-order chi connectivity index (χ1) is 12.7. The van der Waals surface area contributed by atoms with Crippen LogP contribution >= 0.6 is 0 Å². The fraction of sp³-hybridized carbons (Fsp3) is 0.400. The van der Waals surface area contributed by atoms with Crippen LogP contribution in [0.25, 0.3) is 6.08 Å². The lowest BCUT2D eigenvalue weighted by molar-refractivity contribution is -0.114. The van der Waals surface area contributed by atoms with E-state index in [-0.39, 0.29) is 11.6 Å². The molecular weight excluding hydrogens is 331 g/mol. The van der Waals surface area contributed by atoms with Crippen molar-refractivity contribution in [3.63, 3.8) is 0 Å². The SMILES string of the molecule is O=C(/C=C/c1cnc(CF)nc1)CCCCc1ccc2c(n1)NCCC2. The van der Waals surface area contributed by atoms with Crippen molar-refractivity contribution in [2.24, 2.45) is 0 Å². The van der Waals surface area contributed by atoms with Gasteiger partial charge in [-0.15, -0.1) is 0 Å². The lowest BCUT2D eigenvalue weighted by Gasteiger charge is -2.17. The van der Waals surface area contributed by atoms with E-state index in [0.717, 1.165) is 50.2 Å². The summed E-state index contributed by atoms with van der Waals surface area (Å²) in [4.78, 5) is 24.3. The third kappa shape index (κ3) is 5.18. The number of fused-ring (bicyclic) bond motifs is 1. The van der Waals surface area contributed by atoms with E-state index in [9.17, 15) is 9.18 Å². The number of aryl methyl sites for hydroxylation is 2. The Kier molecular flexibility index (Phi) is 6.41. The Labute approximate surface area is 152 Å². The molecule has 3 rings (SSSR count). The van der Waals surface area contributed by atoms with Gasteiger partial charge in [-0.1, -0.05) is 6.07 Å². The summed E-state index contributed by atoms with van der Waals surface area (Å²) in [5.41, 5.74) is 3.07. The van der Waals surface area contributed by atoms with Crippen molar-refractivity contribution < 1.29 is 9.18 Å². The van der Waals surface area contributed by atoms with Gasteiger partial charge in [-0.3, -0.25) is 4.79 Å². The lowest BCUT2D eigenvalue weighted by Crippen LogP contribution is -2.14. The highest BCUT2D eigenvalue weighted by molar-refractivity contribution is 5.93. The Morgan fingerprint density at radius 1 is 1.23 bits per heavy atom. The van der Waals surface area contributed by atoms with Gasteiger partial charge in [-0.2, -0.15) is 0 Å². The second-order valence-electron chi connectivity index (χ2n) is 6.41. The molecule has 3 heterocycles. The van der Waals surface area contributed by atoms with Crippen LogP contribution in [0.1, 0.15) is 48.3 Å². The number of carbonyl (C=O) groups is 1. The zero-order chi connectivity index (χ0) is 18.2. The van der Waals surface area contributed by atoms with Crippen LogP contribution in [0.3, 0.4) is 0 Å². The molecule has 136 valence electrons. The predicted molar refractivity (Wildman–Crippen MR) is 99.5 cm³/mol. The van der Waals surface area contributed by atoms with Crippen molar-refractivity contribution >= 4 is 17.7 Å². The van der Waals surface area contributed by atoms with Gasteiger partial charge in [0.1, 0.15) is 12.5 Å². The smallest absolute Gasteiger partial charge is 0.159 e. The number of anilines is 1. The maximum atomic E-state index is 12.3. The third-order valence-corrected chi connectivity index (χ3v) is 4.36. The molecule has 0 radical (unpaired) electrons. The summed E-state index contributed by atoms with van der Waals surface area (Å²) in [5.74, 6) is 1.24. The molecule has 0 aliphatic carbocycles. The topological polar surface area (TPSA) is 67.8 Å². The molecule has 26 heavy (non-hydrogen) atoms. The number of hydrogen-bond acceptors (Lipinski definition) is 5. The Morgan fingerprint density at radius 2 is 2.08 bits per heavy atom. The number of nitrogens with zero attached hydrogens (tertiary/aromatic N) is 3. The van der Waals surface area contributed by atoms with Gasteiger partial charge in [0, 0.05) is 36.6 Å². The van der Waals surface area contributed by atoms with Gasteiger partial charge in [-0.25, -0.2) is 19.3 Å². The van der Waals surface area contributed by atoms with Gasteiger partial charge in [0.05, 0.1) is 0 Å².